The number of benzene rings is 1. The van der Waals surface area contributed by atoms with E-state index in [0.717, 1.165) is 23.7 Å². The number of fused-ring (bicyclic) bond motifs is 1. The zero-order chi connectivity index (χ0) is 13.9. The SMILES string of the molecule is C[Si](C)(C)CCOCn1cnc2c(C#N)cccc21. The Morgan fingerprint density at radius 1 is 1.37 bits per heavy atom. The minimum absolute atomic E-state index is 0.496. The number of rotatable bonds is 5. The number of nitrogens with zero attached hydrogens (tertiary/aromatic N) is 3. The molecule has 0 spiro atoms. The van der Waals surface area contributed by atoms with Gasteiger partial charge in [0.15, 0.2) is 0 Å². The first-order chi connectivity index (χ1) is 9.01. The van der Waals surface area contributed by atoms with E-state index in [9.17, 15) is 0 Å². The summed E-state index contributed by atoms with van der Waals surface area (Å²) in [6, 6.07) is 8.94. The van der Waals surface area contributed by atoms with Gasteiger partial charge in [-0.25, -0.2) is 4.98 Å². The summed E-state index contributed by atoms with van der Waals surface area (Å²) in [5, 5.41) is 9.02. The van der Waals surface area contributed by atoms with Crippen molar-refractivity contribution < 1.29 is 4.74 Å². The summed E-state index contributed by atoms with van der Waals surface area (Å²) >= 11 is 0. The number of nitriles is 1. The number of aromatic nitrogens is 2. The normalized spacial score (nSPS) is 11.7. The van der Waals surface area contributed by atoms with Gasteiger partial charge in [0.05, 0.1) is 17.4 Å². The predicted molar refractivity (Wildman–Crippen MR) is 78.6 cm³/mol. The highest BCUT2D eigenvalue weighted by atomic mass is 28.3. The summed E-state index contributed by atoms with van der Waals surface area (Å²) in [7, 11) is -1.04. The lowest BCUT2D eigenvalue weighted by Crippen LogP contribution is -2.21. The Balaban J connectivity index is 2.04. The lowest BCUT2D eigenvalue weighted by atomic mass is 10.2. The first-order valence-electron chi connectivity index (χ1n) is 6.43. The largest absolute Gasteiger partial charge is 0.361 e. The minimum Gasteiger partial charge on any atom is -0.361 e. The van der Waals surface area contributed by atoms with Gasteiger partial charge in [0.1, 0.15) is 18.3 Å². The minimum atomic E-state index is -1.04. The van der Waals surface area contributed by atoms with E-state index in [1.54, 1.807) is 12.4 Å². The van der Waals surface area contributed by atoms with Gasteiger partial charge < -0.3 is 9.30 Å². The molecule has 0 bridgehead atoms. The molecule has 0 aliphatic rings. The first kappa shape index (κ1) is 13.8. The van der Waals surface area contributed by atoms with Crippen LogP contribution in [0.3, 0.4) is 0 Å². The maximum atomic E-state index is 9.02. The summed E-state index contributed by atoms with van der Waals surface area (Å²) in [5.74, 6) is 0. The van der Waals surface area contributed by atoms with E-state index in [-0.39, 0.29) is 0 Å². The predicted octanol–water partition coefficient (Wildman–Crippen LogP) is 3.22. The summed E-state index contributed by atoms with van der Waals surface area (Å²) in [6.45, 7) is 8.29. The molecule has 0 amide bonds. The van der Waals surface area contributed by atoms with Gasteiger partial charge in [-0.3, -0.25) is 0 Å². The van der Waals surface area contributed by atoms with Crippen molar-refractivity contribution in [3.8, 4) is 6.07 Å². The Kier molecular flexibility index (Phi) is 4.03. The molecule has 19 heavy (non-hydrogen) atoms. The Bertz CT molecular complexity index is 607. The summed E-state index contributed by atoms with van der Waals surface area (Å²) in [5.41, 5.74) is 2.31. The monoisotopic (exact) mass is 273 g/mol. The number of hydrogen-bond acceptors (Lipinski definition) is 3. The van der Waals surface area contributed by atoms with Crippen LogP contribution in [-0.4, -0.2) is 24.2 Å². The highest BCUT2D eigenvalue weighted by molar-refractivity contribution is 6.76. The highest BCUT2D eigenvalue weighted by Gasteiger charge is 2.12. The molecule has 1 aromatic carbocycles. The lowest BCUT2D eigenvalue weighted by Gasteiger charge is -2.15. The van der Waals surface area contributed by atoms with Gasteiger partial charge in [-0.15, -0.1) is 0 Å². The van der Waals surface area contributed by atoms with Crippen molar-refractivity contribution in [1.82, 2.24) is 9.55 Å². The Labute approximate surface area is 114 Å². The van der Waals surface area contributed by atoms with Crippen molar-refractivity contribution in [3.63, 3.8) is 0 Å². The van der Waals surface area contributed by atoms with Crippen LogP contribution in [0, 0.1) is 11.3 Å². The molecule has 1 aromatic heterocycles. The van der Waals surface area contributed by atoms with Crippen molar-refractivity contribution in [2.75, 3.05) is 6.61 Å². The smallest absolute Gasteiger partial charge is 0.124 e. The van der Waals surface area contributed by atoms with E-state index < -0.39 is 8.07 Å². The molecule has 1 heterocycles. The molecule has 0 aliphatic carbocycles. The Morgan fingerprint density at radius 2 is 2.16 bits per heavy atom. The molecule has 5 heteroatoms. The molecular formula is C14H19N3OSi. The summed E-state index contributed by atoms with van der Waals surface area (Å²) in [6.07, 6.45) is 1.74. The van der Waals surface area contributed by atoms with Crippen LogP contribution in [0.15, 0.2) is 24.5 Å². The van der Waals surface area contributed by atoms with Gasteiger partial charge >= 0.3 is 0 Å². The van der Waals surface area contributed by atoms with Crippen molar-refractivity contribution in [3.05, 3.63) is 30.1 Å². The van der Waals surface area contributed by atoms with Crippen molar-refractivity contribution >= 4 is 19.1 Å². The molecule has 0 fully saturated rings. The van der Waals surface area contributed by atoms with E-state index in [2.05, 4.69) is 30.7 Å². The zero-order valence-corrected chi connectivity index (χ0v) is 12.7. The fraction of sp³-hybridized carbons (Fsp3) is 0.429. The summed E-state index contributed by atoms with van der Waals surface area (Å²) in [4.78, 5) is 4.29. The number of imidazole rings is 1. The van der Waals surface area contributed by atoms with Crippen LogP contribution < -0.4 is 0 Å². The van der Waals surface area contributed by atoms with Gasteiger partial charge in [0, 0.05) is 14.7 Å². The molecule has 0 atom stereocenters. The maximum absolute atomic E-state index is 9.02. The van der Waals surface area contributed by atoms with Gasteiger partial charge in [-0.2, -0.15) is 5.26 Å². The highest BCUT2D eigenvalue weighted by Crippen LogP contribution is 2.17. The van der Waals surface area contributed by atoms with Crippen LogP contribution in [0.25, 0.3) is 11.0 Å². The van der Waals surface area contributed by atoms with Crippen LogP contribution in [0.4, 0.5) is 0 Å². The third-order valence-electron chi connectivity index (χ3n) is 3.00. The van der Waals surface area contributed by atoms with E-state index >= 15 is 0 Å². The van der Waals surface area contributed by atoms with Gasteiger partial charge in [-0.05, 0) is 18.2 Å². The fourth-order valence-corrected chi connectivity index (χ4v) is 2.58. The number of ether oxygens (including phenoxy) is 1. The third kappa shape index (κ3) is 3.43. The average Bonchev–Trinajstić information content (AvgIpc) is 2.76. The summed E-state index contributed by atoms with van der Waals surface area (Å²) < 4.78 is 7.66. The van der Waals surface area contributed by atoms with Gasteiger partial charge in [-0.1, -0.05) is 25.7 Å². The second kappa shape index (κ2) is 5.55. The quantitative estimate of drug-likeness (QED) is 0.621. The van der Waals surface area contributed by atoms with Gasteiger partial charge in [0.2, 0.25) is 0 Å². The molecule has 0 radical (unpaired) electrons. The Hall–Kier alpha value is -1.64. The molecular weight excluding hydrogens is 254 g/mol. The molecule has 100 valence electrons. The molecule has 0 aliphatic heterocycles. The van der Waals surface area contributed by atoms with E-state index in [0.29, 0.717) is 12.3 Å². The second-order valence-electron chi connectivity index (χ2n) is 5.85. The Morgan fingerprint density at radius 3 is 2.84 bits per heavy atom. The standard InChI is InChI=1S/C14H19N3OSi/c1-19(2,3)8-7-18-11-17-10-16-14-12(9-15)5-4-6-13(14)17/h4-6,10H,7-8,11H2,1-3H3. The molecule has 2 aromatic rings. The van der Waals surface area contributed by atoms with Crippen molar-refractivity contribution in [1.29, 1.82) is 5.26 Å². The number of para-hydroxylation sites is 1. The molecule has 4 nitrogen and oxygen atoms in total. The number of hydrogen-bond donors (Lipinski definition) is 0. The van der Waals surface area contributed by atoms with Crippen molar-refractivity contribution in [2.45, 2.75) is 32.4 Å². The third-order valence-corrected chi connectivity index (χ3v) is 4.70. The fourth-order valence-electron chi connectivity index (χ4n) is 1.82. The molecule has 0 saturated carbocycles. The molecule has 0 saturated heterocycles. The van der Waals surface area contributed by atoms with Crippen LogP contribution >= 0.6 is 0 Å². The molecule has 0 N–H and O–H groups in total. The van der Waals surface area contributed by atoms with Crippen LogP contribution in [0.1, 0.15) is 5.56 Å². The maximum Gasteiger partial charge on any atom is 0.124 e. The lowest BCUT2D eigenvalue weighted by molar-refractivity contribution is 0.0898. The van der Waals surface area contributed by atoms with Crippen LogP contribution in [0.5, 0.6) is 0 Å². The van der Waals surface area contributed by atoms with E-state index in [4.69, 9.17) is 10.00 Å². The first-order valence-corrected chi connectivity index (χ1v) is 10.1. The topological polar surface area (TPSA) is 50.8 Å². The van der Waals surface area contributed by atoms with Crippen LogP contribution in [0.2, 0.25) is 25.7 Å². The van der Waals surface area contributed by atoms with Crippen LogP contribution in [-0.2, 0) is 11.5 Å². The van der Waals surface area contributed by atoms with Crippen molar-refractivity contribution in [2.24, 2.45) is 0 Å². The van der Waals surface area contributed by atoms with E-state index in [1.165, 1.54) is 0 Å². The second-order valence-corrected chi connectivity index (χ2v) is 11.5. The van der Waals surface area contributed by atoms with E-state index in [1.807, 2.05) is 16.7 Å². The molecule has 2 rings (SSSR count). The molecule has 0 unspecified atom stereocenters. The van der Waals surface area contributed by atoms with Gasteiger partial charge in [0.25, 0.3) is 0 Å². The zero-order valence-electron chi connectivity index (χ0n) is 11.7. The average molecular weight is 273 g/mol.